The number of aliphatic carboxylic acids is 1. The minimum Gasteiger partial charge on any atom is -0.497 e. The van der Waals surface area contributed by atoms with Gasteiger partial charge in [0, 0.05) is 25.6 Å². The summed E-state index contributed by atoms with van der Waals surface area (Å²) in [6.45, 7) is 3.98. The summed E-state index contributed by atoms with van der Waals surface area (Å²) in [5, 5.41) is 9.09. The van der Waals surface area contributed by atoms with Crippen molar-refractivity contribution in [1.82, 2.24) is 4.90 Å². The van der Waals surface area contributed by atoms with Gasteiger partial charge in [-0.25, -0.2) is 0 Å². The summed E-state index contributed by atoms with van der Waals surface area (Å²) in [6, 6.07) is 5.11. The Morgan fingerprint density at radius 2 is 2.00 bits per heavy atom. The summed E-state index contributed by atoms with van der Waals surface area (Å²) >= 11 is 0. The van der Waals surface area contributed by atoms with Crippen LogP contribution in [0.15, 0.2) is 18.2 Å². The van der Waals surface area contributed by atoms with Gasteiger partial charge in [0.1, 0.15) is 18.0 Å². The normalized spacial score (nSPS) is 16.6. The highest BCUT2D eigenvalue weighted by molar-refractivity contribution is 6.01. The Hall–Kier alpha value is -2.77. The molecule has 27 heavy (non-hydrogen) atoms. The van der Waals surface area contributed by atoms with Crippen molar-refractivity contribution in [1.29, 1.82) is 0 Å². The van der Waals surface area contributed by atoms with Crippen molar-refractivity contribution in [3.05, 3.63) is 18.2 Å². The van der Waals surface area contributed by atoms with Gasteiger partial charge in [0.25, 0.3) is 0 Å². The number of benzene rings is 1. The van der Waals surface area contributed by atoms with Gasteiger partial charge in [-0.15, -0.1) is 0 Å². The molecule has 1 heterocycles. The first-order valence-electron chi connectivity index (χ1n) is 8.79. The Balaban J connectivity index is 2.20. The predicted octanol–water partition coefficient (Wildman–Crippen LogP) is 1.63. The minimum atomic E-state index is -1.07. The van der Waals surface area contributed by atoms with Gasteiger partial charge >= 0.3 is 5.97 Å². The van der Waals surface area contributed by atoms with Gasteiger partial charge in [-0.2, -0.15) is 0 Å². The summed E-state index contributed by atoms with van der Waals surface area (Å²) < 4.78 is 10.5. The van der Waals surface area contributed by atoms with Crippen molar-refractivity contribution in [3.8, 4) is 11.5 Å². The highest BCUT2D eigenvalue weighted by Gasteiger charge is 2.38. The zero-order valence-corrected chi connectivity index (χ0v) is 16.1. The van der Waals surface area contributed by atoms with E-state index in [4.69, 9.17) is 14.6 Å². The van der Waals surface area contributed by atoms with Crippen LogP contribution in [0.2, 0.25) is 0 Å². The van der Waals surface area contributed by atoms with E-state index < -0.39 is 11.9 Å². The number of carboxylic acids is 1. The molecule has 0 aliphatic carbocycles. The molecule has 1 aliphatic heterocycles. The SMILES string of the molecule is COc1ccc(N2CC(C(=O)N(CC(=O)O)CC(C)C)CC2=O)c(OC)c1. The molecule has 1 fully saturated rings. The Morgan fingerprint density at radius 1 is 1.30 bits per heavy atom. The molecular weight excluding hydrogens is 352 g/mol. The average molecular weight is 378 g/mol. The average Bonchev–Trinajstić information content (AvgIpc) is 3.00. The Bertz CT molecular complexity index is 718. The van der Waals surface area contributed by atoms with Gasteiger partial charge in [-0.1, -0.05) is 13.8 Å². The first-order valence-corrected chi connectivity index (χ1v) is 8.79. The number of carbonyl (C=O) groups is 3. The predicted molar refractivity (Wildman–Crippen MR) is 99.1 cm³/mol. The Labute approximate surface area is 158 Å². The number of hydrogen-bond donors (Lipinski definition) is 1. The van der Waals surface area contributed by atoms with E-state index in [1.165, 1.54) is 24.0 Å². The van der Waals surface area contributed by atoms with Crippen LogP contribution < -0.4 is 14.4 Å². The van der Waals surface area contributed by atoms with E-state index in [1.54, 1.807) is 18.2 Å². The second kappa shape index (κ2) is 8.75. The number of ether oxygens (including phenoxy) is 2. The van der Waals surface area contributed by atoms with Crippen LogP contribution in [0.3, 0.4) is 0 Å². The van der Waals surface area contributed by atoms with E-state index in [-0.39, 0.29) is 37.2 Å². The molecule has 1 aromatic carbocycles. The van der Waals surface area contributed by atoms with E-state index in [9.17, 15) is 14.4 Å². The number of carbonyl (C=O) groups excluding carboxylic acids is 2. The number of amides is 2. The number of methoxy groups -OCH3 is 2. The fraction of sp³-hybridized carbons (Fsp3) is 0.526. The third-order valence-electron chi connectivity index (χ3n) is 4.38. The molecule has 1 aliphatic rings. The molecule has 0 aromatic heterocycles. The smallest absolute Gasteiger partial charge is 0.323 e. The minimum absolute atomic E-state index is 0.0439. The molecule has 1 saturated heterocycles. The van der Waals surface area contributed by atoms with Crippen LogP contribution in [0, 0.1) is 11.8 Å². The van der Waals surface area contributed by atoms with Crippen molar-refractivity contribution < 1.29 is 29.0 Å². The standard InChI is InChI=1S/C19H26N2O6/c1-12(2)9-20(11-18(23)24)19(25)13-7-17(22)21(10-13)15-6-5-14(26-3)8-16(15)27-4/h5-6,8,12-13H,7,9-11H2,1-4H3,(H,23,24). The highest BCUT2D eigenvalue weighted by Crippen LogP contribution is 2.36. The zero-order valence-electron chi connectivity index (χ0n) is 16.1. The molecule has 148 valence electrons. The van der Waals surface area contributed by atoms with Crippen molar-refractivity contribution in [3.63, 3.8) is 0 Å². The van der Waals surface area contributed by atoms with Crippen LogP contribution in [-0.4, -0.2) is 61.6 Å². The molecule has 1 N–H and O–H groups in total. The van der Waals surface area contributed by atoms with Crippen molar-refractivity contribution in [2.45, 2.75) is 20.3 Å². The van der Waals surface area contributed by atoms with Crippen LogP contribution >= 0.6 is 0 Å². The first kappa shape index (κ1) is 20.5. The van der Waals surface area contributed by atoms with Crippen LogP contribution in [0.1, 0.15) is 20.3 Å². The summed E-state index contributed by atoms with van der Waals surface area (Å²) in [4.78, 5) is 39.3. The summed E-state index contributed by atoms with van der Waals surface area (Å²) in [5.74, 6) is -0.960. The molecule has 1 aromatic rings. The van der Waals surface area contributed by atoms with Gasteiger partial charge in [-0.05, 0) is 18.1 Å². The lowest BCUT2D eigenvalue weighted by Gasteiger charge is -2.26. The second-order valence-corrected chi connectivity index (χ2v) is 6.95. The van der Waals surface area contributed by atoms with Crippen LogP contribution in [0.25, 0.3) is 0 Å². The third kappa shape index (κ3) is 4.90. The molecule has 1 atom stereocenters. The lowest BCUT2D eigenvalue weighted by atomic mass is 10.1. The van der Waals surface area contributed by atoms with Gasteiger partial charge in [0.15, 0.2) is 0 Å². The third-order valence-corrected chi connectivity index (χ3v) is 4.38. The van der Waals surface area contributed by atoms with Crippen molar-refractivity contribution >= 4 is 23.5 Å². The van der Waals surface area contributed by atoms with Gasteiger partial charge < -0.3 is 24.4 Å². The van der Waals surface area contributed by atoms with Gasteiger partial charge in [-0.3, -0.25) is 14.4 Å². The van der Waals surface area contributed by atoms with E-state index >= 15 is 0 Å². The maximum atomic E-state index is 12.8. The monoisotopic (exact) mass is 378 g/mol. The first-order chi connectivity index (χ1) is 12.8. The number of rotatable bonds is 8. The maximum absolute atomic E-state index is 12.8. The molecule has 2 amide bonds. The molecule has 8 nitrogen and oxygen atoms in total. The molecule has 0 spiro atoms. The number of carboxylic acid groups (broad SMARTS) is 1. The van der Waals surface area contributed by atoms with Crippen LogP contribution in [0.5, 0.6) is 11.5 Å². The molecule has 2 rings (SSSR count). The van der Waals surface area contributed by atoms with Crippen molar-refractivity contribution in [2.75, 3.05) is 38.8 Å². The topological polar surface area (TPSA) is 96.4 Å². The van der Waals surface area contributed by atoms with Gasteiger partial charge in [0.05, 0.1) is 25.8 Å². The lowest BCUT2D eigenvalue weighted by Crippen LogP contribution is -2.42. The van der Waals surface area contributed by atoms with Gasteiger partial charge in [0.2, 0.25) is 11.8 Å². The number of anilines is 1. The lowest BCUT2D eigenvalue weighted by molar-refractivity contribution is -0.146. The highest BCUT2D eigenvalue weighted by atomic mass is 16.5. The molecule has 8 heteroatoms. The van der Waals surface area contributed by atoms with Crippen LogP contribution in [-0.2, 0) is 14.4 Å². The maximum Gasteiger partial charge on any atom is 0.323 e. The zero-order chi connectivity index (χ0) is 20.1. The largest absolute Gasteiger partial charge is 0.497 e. The van der Waals surface area contributed by atoms with Crippen molar-refractivity contribution in [2.24, 2.45) is 11.8 Å². The molecule has 0 saturated carbocycles. The van der Waals surface area contributed by atoms with E-state index in [0.717, 1.165) is 0 Å². The number of hydrogen-bond acceptors (Lipinski definition) is 5. The van der Waals surface area contributed by atoms with Crippen LogP contribution in [0.4, 0.5) is 5.69 Å². The molecule has 1 unspecified atom stereocenters. The fourth-order valence-electron chi connectivity index (χ4n) is 3.21. The van der Waals surface area contributed by atoms with E-state index in [1.807, 2.05) is 13.8 Å². The molecule has 0 radical (unpaired) electrons. The number of nitrogens with zero attached hydrogens (tertiary/aromatic N) is 2. The van der Waals surface area contributed by atoms with E-state index in [0.29, 0.717) is 23.7 Å². The summed E-state index contributed by atoms with van der Waals surface area (Å²) in [6.07, 6.45) is 0.0439. The molecular formula is C19H26N2O6. The quantitative estimate of drug-likeness (QED) is 0.739. The van der Waals surface area contributed by atoms with E-state index in [2.05, 4.69) is 0 Å². The summed E-state index contributed by atoms with van der Waals surface area (Å²) in [5.41, 5.74) is 0.562. The fourth-order valence-corrected chi connectivity index (χ4v) is 3.21. The summed E-state index contributed by atoms with van der Waals surface area (Å²) in [7, 11) is 3.04. The Morgan fingerprint density at radius 3 is 2.56 bits per heavy atom. The Kier molecular flexibility index (Phi) is 6.65. The second-order valence-electron chi connectivity index (χ2n) is 6.95. The molecule has 0 bridgehead atoms.